The third-order valence-corrected chi connectivity index (χ3v) is 4.60. The van der Waals surface area contributed by atoms with Crippen LogP contribution in [0.15, 0.2) is 59.6 Å². The molecule has 0 aliphatic heterocycles. The number of ether oxygens (including phenoxy) is 1. The van der Waals surface area contributed by atoms with Gasteiger partial charge in [-0.3, -0.25) is 0 Å². The molecule has 26 heavy (non-hydrogen) atoms. The van der Waals surface area contributed by atoms with Crippen molar-refractivity contribution in [3.05, 3.63) is 70.2 Å². The first-order valence-electron chi connectivity index (χ1n) is 7.93. The molecule has 0 spiro atoms. The highest BCUT2D eigenvalue weighted by Gasteiger charge is 2.04. The fraction of sp³-hybridized carbons (Fsp3) is 0.158. The molecule has 0 saturated carbocycles. The summed E-state index contributed by atoms with van der Waals surface area (Å²) in [6.07, 6.45) is 0. The molecule has 0 unspecified atom stereocenters. The summed E-state index contributed by atoms with van der Waals surface area (Å²) >= 11 is 1.64. The molecule has 0 fully saturated rings. The van der Waals surface area contributed by atoms with Gasteiger partial charge < -0.3 is 15.8 Å². The van der Waals surface area contributed by atoms with Gasteiger partial charge >= 0.3 is 0 Å². The van der Waals surface area contributed by atoms with E-state index in [0.29, 0.717) is 12.5 Å². The van der Waals surface area contributed by atoms with Gasteiger partial charge in [0.05, 0.1) is 12.2 Å². The highest BCUT2D eigenvalue weighted by Crippen LogP contribution is 2.23. The number of aliphatic imine (C=N–C) groups is 1. The van der Waals surface area contributed by atoms with Crippen molar-refractivity contribution in [1.82, 2.24) is 4.98 Å². The van der Waals surface area contributed by atoms with E-state index in [0.717, 1.165) is 27.9 Å². The van der Waals surface area contributed by atoms with E-state index in [1.54, 1.807) is 11.3 Å². The van der Waals surface area contributed by atoms with Crippen molar-refractivity contribution in [2.24, 2.45) is 10.7 Å². The van der Waals surface area contributed by atoms with Crippen LogP contribution in [0.25, 0.3) is 0 Å². The lowest BCUT2D eigenvalue weighted by atomic mass is 10.3. The maximum atomic E-state index is 5.98. The number of benzene rings is 2. The Balaban J connectivity index is 0.00000243. The molecule has 1 aromatic heterocycles. The number of rotatable bonds is 5. The van der Waals surface area contributed by atoms with Crippen LogP contribution in [0.1, 0.15) is 15.6 Å². The minimum atomic E-state index is 0. The van der Waals surface area contributed by atoms with Crippen LogP contribution in [-0.4, -0.2) is 10.9 Å². The predicted octanol–water partition coefficient (Wildman–Crippen LogP) is 5.10. The lowest BCUT2D eigenvalue weighted by Crippen LogP contribution is -2.22. The summed E-state index contributed by atoms with van der Waals surface area (Å²) in [4.78, 5) is 10.0. The minimum absolute atomic E-state index is 0. The Morgan fingerprint density at radius 2 is 1.85 bits per heavy atom. The molecule has 0 aliphatic rings. The second-order valence-corrected chi connectivity index (χ2v) is 6.81. The molecule has 3 aromatic rings. The zero-order chi connectivity index (χ0) is 17.6. The Morgan fingerprint density at radius 1 is 1.12 bits per heavy atom. The molecule has 0 saturated heterocycles. The van der Waals surface area contributed by atoms with Crippen LogP contribution in [0.2, 0.25) is 0 Å². The van der Waals surface area contributed by atoms with Crippen molar-refractivity contribution in [2.75, 3.05) is 5.32 Å². The van der Waals surface area contributed by atoms with E-state index in [1.807, 2.05) is 61.5 Å². The summed E-state index contributed by atoms with van der Waals surface area (Å²) in [7, 11) is 0. The maximum absolute atomic E-state index is 5.98. The molecular formula is C19H21IN4OS. The van der Waals surface area contributed by atoms with Crippen molar-refractivity contribution in [3.8, 4) is 11.5 Å². The van der Waals surface area contributed by atoms with Crippen molar-refractivity contribution in [1.29, 1.82) is 0 Å². The van der Waals surface area contributed by atoms with E-state index in [1.165, 1.54) is 4.88 Å². The zero-order valence-corrected chi connectivity index (χ0v) is 17.7. The Labute approximate surface area is 174 Å². The van der Waals surface area contributed by atoms with Crippen molar-refractivity contribution < 1.29 is 4.74 Å². The van der Waals surface area contributed by atoms with E-state index >= 15 is 0 Å². The normalized spacial score (nSPS) is 10.9. The molecule has 5 nitrogen and oxygen atoms in total. The number of thiazole rings is 1. The van der Waals surface area contributed by atoms with Gasteiger partial charge in [0, 0.05) is 16.6 Å². The second-order valence-electron chi connectivity index (χ2n) is 5.52. The Kier molecular flexibility index (Phi) is 7.40. The standard InChI is InChI=1S/C19H20N4OS.HI/c1-13-14(2)25-18(22-13)12-21-19(20)23-15-7-6-10-17(11-15)24-16-8-4-3-5-9-16;/h3-11H,12H2,1-2H3,(H3,20,21,23);1H. The van der Waals surface area contributed by atoms with Crippen LogP contribution >= 0.6 is 35.3 Å². The van der Waals surface area contributed by atoms with Crippen LogP contribution < -0.4 is 15.8 Å². The predicted molar refractivity (Wildman–Crippen MR) is 119 cm³/mol. The highest BCUT2D eigenvalue weighted by molar-refractivity contribution is 14.0. The molecule has 7 heteroatoms. The number of aryl methyl sites for hydroxylation is 2. The number of hydrogen-bond acceptors (Lipinski definition) is 4. The summed E-state index contributed by atoms with van der Waals surface area (Å²) in [5.74, 6) is 1.87. The molecule has 0 atom stereocenters. The van der Waals surface area contributed by atoms with Gasteiger partial charge in [-0.15, -0.1) is 35.3 Å². The quantitative estimate of drug-likeness (QED) is 0.303. The average molecular weight is 480 g/mol. The summed E-state index contributed by atoms with van der Waals surface area (Å²) in [5.41, 5.74) is 7.85. The Morgan fingerprint density at radius 3 is 2.54 bits per heavy atom. The van der Waals surface area contributed by atoms with Gasteiger partial charge in [-0.1, -0.05) is 24.3 Å². The van der Waals surface area contributed by atoms with Gasteiger partial charge in [-0.05, 0) is 38.1 Å². The van der Waals surface area contributed by atoms with Crippen LogP contribution in [0.4, 0.5) is 5.69 Å². The highest BCUT2D eigenvalue weighted by atomic mass is 127. The first kappa shape index (κ1) is 20.2. The fourth-order valence-corrected chi connectivity index (χ4v) is 3.07. The smallest absolute Gasteiger partial charge is 0.193 e. The minimum Gasteiger partial charge on any atom is -0.457 e. The molecule has 1 heterocycles. The topological polar surface area (TPSA) is 72.5 Å². The van der Waals surface area contributed by atoms with Crippen LogP contribution in [0.3, 0.4) is 0 Å². The Hall–Kier alpha value is -2.13. The second kappa shape index (κ2) is 9.54. The number of halogens is 1. The zero-order valence-electron chi connectivity index (χ0n) is 14.6. The van der Waals surface area contributed by atoms with E-state index in [4.69, 9.17) is 10.5 Å². The largest absolute Gasteiger partial charge is 0.457 e. The number of guanidine groups is 1. The summed E-state index contributed by atoms with van der Waals surface area (Å²) in [6.45, 7) is 4.53. The van der Waals surface area contributed by atoms with Gasteiger partial charge in [-0.2, -0.15) is 0 Å². The van der Waals surface area contributed by atoms with E-state index in [-0.39, 0.29) is 24.0 Å². The molecule has 0 radical (unpaired) electrons. The SMILES string of the molecule is Cc1nc(CN=C(N)Nc2cccc(Oc3ccccc3)c2)sc1C.I. The monoisotopic (exact) mass is 480 g/mol. The van der Waals surface area contributed by atoms with E-state index in [9.17, 15) is 0 Å². The molecule has 136 valence electrons. The first-order valence-corrected chi connectivity index (χ1v) is 8.74. The number of nitrogens with zero attached hydrogens (tertiary/aromatic N) is 2. The number of nitrogens with two attached hydrogens (primary N) is 1. The maximum Gasteiger partial charge on any atom is 0.193 e. The van der Waals surface area contributed by atoms with Crippen molar-refractivity contribution in [2.45, 2.75) is 20.4 Å². The molecule has 3 rings (SSSR count). The summed E-state index contributed by atoms with van der Waals surface area (Å²) in [5, 5.41) is 4.04. The first-order chi connectivity index (χ1) is 12.1. The third kappa shape index (κ3) is 5.70. The third-order valence-electron chi connectivity index (χ3n) is 3.54. The molecule has 0 aliphatic carbocycles. The number of aromatic nitrogens is 1. The van der Waals surface area contributed by atoms with Crippen LogP contribution in [0, 0.1) is 13.8 Å². The molecule has 2 aromatic carbocycles. The van der Waals surface area contributed by atoms with Crippen LogP contribution in [0.5, 0.6) is 11.5 Å². The van der Waals surface area contributed by atoms with Crippen molar-refractivity contribution in [3.63, 3.8) is 0 Å². The van der Waals surface area contributed by atoms with Crippen molar-refractivity contribution >= 4 is 47.0 Å². The molecule has 0 amide bonds. The Bertz CT molecular complexity index is 861. The average Bonchev–Trinajstić information content (AvgIpc) is 2.92. The molecular weight excluding hydrogens is 459 g/mol. The summed E-state index contributed by atoms with van der Waals surface area (Å²) in [6, 6.07) is 17.2. The van der Waals surface area contributed by atoms with Gasteiger partial charge in [-0.25, -0.2) is 9.98 Å². The van der Waals surface area contributed by atoms with Gasteiger partial charge in [0.25, 0.3) is 0 Å². The van der Waals surface area contributed by atoms with E-state index in [2.05, 4.69) is 22.2 Å². The number of para-hydroxylation sites is 1. The van der Waals surface area contributed by atoms with E-state index < -0.39 is 0 Å². The number of anilines is 1. The number of nitrogens with one attached hydrogen (secondary N) is 1. The van der Waals surface area contributed by atoms with Gasteiger partial charge in [0.2, 0.25) is 0 Å². The van der Waals surface area contributed by atoms with Crippen LogP contribution in [-0.2, 0) is 6.54 Å². The molecule has 3 N–H and O–H groups in total. The lowest BCUT2D eigenvalue weighted by Gasteiger charge is -2.09. The summed E-state index contributed by atoms with van der Waals surface area (Å²) < 4.78 is 5.82. The lowest BCUT2D eigenvalue weighted by molar-refractivity contribution is 0.483. The van der Waals surface area contributed by atoms with Gasteiger partial charge in [0.1, 0.15) is 16.5 Å². The fourth-order valence-electron chi connectivity index (χ4n) is 2.21. The number of hydrogen-bond donors (Lipinski definition) is 2. The van der Waals surface area contributed by atoms with Gasteiger partial charge in [0.15, 0.2) is 5.96 Å². The molecule has 0 bridgehead atoms.